The highest BCUT2D eigenvalue weighted by molar-refractivity contribution is 6.11. The summed E-state index contributed by atoms with van der Waals surface area (Å²) in [5.41, 5.74) is 15.8. The number of ether oxygens (including phenoxy) is 1. The molecule has 0 saturated heterocycles. The van der Waals surface area contributed by atoms with Crippen molar-refractivity contribution in [3.63, 3.8) is 0 Å². The van der Waals surface area contributed by atoms with Crippen LogP contribution in [0, 0.1) is 13.8 Å². The fourth-order valence-electron chi connectivity index (χ4n) is 3.70. The number of fused-ring (bicyclic) bond motifs is 2. The summed E-state index contributed by atoms with van der Waals surface area (Å²) < 4.78 is 7.05. The number of anilines is 1. The first-order valence-corrected chi connectivity index (χ1v) is 9.04. The Kier molecular flexibility index (Phi) is 4.30. The zero-order valence-corrected chi connectivity index (χ0v) is 16.6. The molecule has 4 rings (SSSR count). The lowest BCUT2D eigenvalue weighted by Crippen LogP contribution is -2.14. The normalized spacial score (nSPS) is 11.2. The van der Waals surface area contributed by atoms with Crippen molar-refractivity contribution >= 4 is 39.9 Å². The van der Waals surface area contributed by atoms with E-state index in [1.165, 1.54) is 18.2 Å². The summed E-state index contributed by atoms with van der Waals surface area (Å²) in [7, 11) is 1.56. The Morgan fingerprint density at radius 3 is 2.47 bits per heavy atom. The number of rotatable bonds is 4. The van der Waals surface area contributed by atoms with Crippen molar-refractivity contribution in [2.24, 2.45) is 5.73 Å². The molecule has 2 aromatic heterocycles. The number of amides is 1. The number of primary amides is 1. The van der Waals surface area contributed by atoms with E-state index in [9.17, 15) is 14.7 Å². The molecule has 0 unspecified atom stereocenters. The maximum atomic E-state index is 12.2. The van der Waals surface area contributed by atoms with Crippen molar-refractivity contribution in [3.8, 4) is 11.4 Å². The molecule has 0 fully saturated rings. The molecular weight excluding hydrogens is 386 g/mol. The molecule has 5 N–H and O–H groups in total. The van der Waals surface area contributed by atoms with Crippen LogP contribution in [0.1, 0.15) is 31.8 Å². The number of carbonyl (C=O) groups is 2. The van der Waals surface area contributed by atoms with Crippen molar-refractivity contribution in [1.29, 1.82) is 0 Å². The number of aromatic carboxylic acids is 1. The predicted molar refractivity (Wildman–Crippen MR) is 112 cm³/mol. The number of hydrogen-bond acceptors (Lipinski definition) is 6. The number of carboxylic acid groups (broad SMARTS) is 1. The van der Waals surface area contributed by atoms with Crippen LogP contribution in [0.3, 0.4) is 0 Å². The third-order valence-corrected chi connectivity index (χ3v) is 5.11. The first-order chi connectivity index (χ1) is 14.2. The Bertz CT molecular complexity index is 1370. The lowest BCUT2D eigenvalue weighted by Gasteiger charge is -2.16. The highest BCUT2D eigenvalue weighted by Gasteiger charge is 2.25. The zero-order chi connectivity index (χ0) is 21.7. The smallest absolute Gasteiger partial charge is 0.335 e. The topological polar surface area (TPSA) is 146 Å². The van der Waals surface area contributed by atoms with Crippen LogP contribution in [0.25, 0.3) is 27.9 Å². The van der Waals surface area contributed by atoms with Gasteiger partial charge in [0.15, 0.2) is 5.65 Å². The number of nitrogens with zero attached hydrogens (tertiary/aromatic N) is 3. The van der Waals surface area contributed by atoms with Crippen LogP contribution in [-0.4, -0.2) is 38.6 Å². The molecule has 0 bridgehead atoms. The van der Waals surface area contributed by atoms with Crippen molar-refractivity contribution in [1.82, 2.24) is 14.5 Å². The average molecular weight is 405 g/mol. The third-order valence-electron chi connectivity index (χ3n) is 5.11. The van der Waals surface area contributed by atoms with E-state index in [1.807, 2.05) is 26.0 Å². The molecule has 0 aliphatic rings. The van der Waals surface area contributed by atoms with Gasteiger partial charge in [-0.15, -0.1) is 0 Å². The van der Waals surface area contributed by atoms with Crippen LogP contribution >= 0.6 is 0 Å². The van der Waals surface area contributed by atoms with E-state index in [-0.39, 0.29) is 22.5 Å². The van der Waals surface area contributed by atoms with E-state index in [0.717, 1.165) is 11.1 Å². The number of nitrogens with two attached hydrogens (primary N) is 2. The fourth-order valence-corrected chi connectivity index (χ4v) is 3.70. The highest BCUT2D eigenvalue weighted by atomic mass is 16.5. The maximum absolute atomic E-state index is 12.2. The molecule has 0 aliphatic carbocycles. The second kappa shape index (κ2) is 6.73. The Morgan fingerprint density at radius 2 is 1.83 bits per heavy atom. The van der Waals surface area contributed by atoms with Gasteiger partial charge in [0.2, 0.25) is 0 Å². The van der Waals surface area contributed by atoms with Gasteiger partial charge in [0.05, 0.1) is 29.4 Å². The predicted octanol–water partition coefficient (Wildman–Crippen LogP) is 2.58. The van der Waals surface area contributed by atoms with Gasteiger partial charge in [0.25, 0.3) is 5.91 Å². The molecule has 0 aliphatic heterocycles. The number of benzene rings is 2. The number of nitrogen functional groups attached to an aromatic ring is 1. The van der Waals surface area contributed by atoms with Gasteiger partial charge in [-0.3, -0.25) is 9.36 Å². The molecule has 30 heavy (non-hydrogen) atoms. The highest BCUT2D eigenvalue weighted by Crippen LogP contribution is 2.36. The van der Waals surface area contributed by atoms with E-state index < -0.39 is 11.9 Å². The van der Waals surface area contributed by atoms with Gasteiger partial charge in [0, 0.05) is 5.56 Å². The van der Waals surface area contributed by atoms with Crippen LogP contribution in [0.5, 0.6) is 5.75 Å². The van der Waals surface area contributed by atoms with E-state index in [2.05, 4.69) is 9.97 Å². The number of methoxy groups -OCH3 is 1. The van der Waals surface area contributed by atoms with Gasteiger partial charge >= 0.3 is 5.97 Å². The lowest BCUT2D eigenvalue weighted by molar-refractivity contribution is 0.0696. The van der Waals surface area contributed by atoms with Crippen molar-refractivity contribution in [2.75, 3.05) is 12.8 Å². The summed E-state index contributed by atoms with van der Waals surface area (Å²) in [5.74, 6) is -1.07. The summed E-state index contributed by atoms with van der Waals surface area (Å²) in [6.07, 6.45) is 0. The molecule has 1 amide bonds. The van der Waals surface area contributed by atoms with Crippen molar-refractivity contribution < 1.29 is 19.4 Å². The second-order valence-electron chi connectivity index (χ2n) is 6.92. The molecule has 0 saturated carbocycles. The Hall–Kier alpha value is -4.14. The second-order valence-corrected chi connectivity index (χ2v) is 6.92. The summed E-state index contributed by atoms with van der Waals surface area (Å²) in [6.45, 7) is 3.77. The Morgan fingerprint density at radius 1 is 1.10 bits per heavy atom. The summed E-state index contributed by atoms with van der Waals surface area (Å²) in [6, 6.07) is 8.09. The van der Waals surface area contributed by atoms with Gasteiger partial charge < -0.3 is 21.3 Å². The van der Waals surface area contributed by atoms with Crippen LogP contribution in [-0.2, 0) is 0 Å². The number of hydrogen-bond donors (Lipinski definition) is 3. The van der Waals surface area contributed by atoms with Crippen LogP contribution in [0.2, 0.25) is 0 Å². The fraction of sp³-hybridized carbons (Fsp3) is 0.143. The summed E-state index contributed by atoms with van der Waals surface area (Å²) in [5, 5.41) is 9.29. The minimum atomic E-state index is -1.08. The molecule has 4 aromatic rings. The van der Waals surface area contributed by atoms with Gasteiger partial charge in [-0.2, -0.15) is 0 Å². The Balaban J connectivity index is 2.18. The monoisotopic (exact) mass is 405 g/mol. The van der Waals surface area contributed by atoms with E-state index >= 15 is 0 Å². The number of carbonyl (C=O) groups excluding carboxylic acids is 1. The first-order valence-electron chi connectivity index (χ1n) is 9.04. The van der Waals surface area contributed by atoms with Crippen molar-refractivity contribution in [2.45, 2.75) is 13.8 Å². The standard InChI is InChI=1S/C21H19N5O4/c1-9-4-7-14(30-3)10(2)17(9)26-18(22)15(19(23)27)16-20(26)25-13-8-11(21(28)29)5-6-12(13)24-16/h4-8H,22H2,1-3H3,(H2,23,27)(H,28,29). The van der Waals surface area contributed by atoms with Gasteiger partial charge in [0.1, 0.15) is 22.6 Å². The third kappa shape index (κ3) is 2.71. The number of aromatic nitrogens is 3. The van der Waals surface area contributed by atoms with E-state index in [4.69, 9.17) is 16.2 Å². The quantitative estimate of drug-likeness (QED) is 0.473. The molecular formula is C21H19N5O4. The molecule has 9 nitrogen and oxygen atoms in total. The lowest BCUT2D eigenvalue weighted by atomic mass is 10.1. The van der Waals surface area contributed by atoms with Crippen LogP contribution in [0.15, 0.2) is 30.3 Å². The molecule has 2 aromatic carbocycles. The SMILES string of the molecule is COc1ccc(C)c(-n2c(N)c(C(N)=O)c3nc4ccc(C(=O)O)cc4nc32)c1C. The van der Waals surface area contributed by atoms with Gasteiger partial charge in [-0.25, -0.2) is 14.8 Å². The minimum absolute atomic E-state index is 0.0586. The number of aryl methyl sites for hydroxylation is 1. The van der Waals surface area contributed by atoms with Gasteiger partial charge in [-0.05, 0) is 43.7 Å². The average Bonchev–Trinajstić information content (AvgIpc) is 2.97. The van der Waals surface area contributed by atoms with Crippen molar-refractivity contribution in [3.05, 3.63) is 52.6 Å². The molecule has 0 spiro atoms. The van der Waals surface area contributed by atoms with Crippen LogP contribution in [0.4, 0.5) is 5.82 Å². The molecule has 152 valence electrons. The van der Waals surface area contributed by atoms with Crippen LogP contribution < -0.4 is 16.2 Å². The zero-order valence-electron chi connectivity index (χ0n) is 16.6. The molecule has 0 atom stereocenters. The Labute approximate surface area is 170 Å². The largest absolute Gasteiger partial charge is 0.496 e. The molecule has 0 radical (unpaired) electrons. The summed E-state index contributed by atoms with van der Waals surface area (Å²) >= 11 is 0. The summed E-state index contributed by atoms with van der Waals surface area (Å²) in [4.78, 5) is 32.7. The molecule has 9 heteroatoms. The van der Waals surface area contributed by atoms with Gasteiger partial charge in [-0.1, -0.05) is 6.07 Å². The minimum Gasteiger partial charge on any atom is -0.496 e. The molecule has 2 heterocycles. The maximum Gasteiger partial charge on any atom is 0.335 e. The first kappa shape index (κ1) is 19.2. The van der Waals surface area contributed by atoms with E-state index in [1.54, 1.807) is 11.7 Å². The number of carboxylic acids is 1. The van der Waals surface area contributed by atoms with E-state index in [0.29, 0.717) is 28.1 Å².